The molecule has 4 rings (SSSR count). The lowest BCUT2D eigenvalue weighted by Gasteiger charge is -2.35. The van der Waals surface area contributed by atoms with Crippen molar-refractivity contribution in [3.05, 3.63) is 18.2 Å². The van der Waals surface area contributed by atoms with E-state index in [0.717, 1.165) is 32.6 Å². The van der Waals surface area contributed by atoms with E-state index in [1.165, 1.54) is 4.31 Å². The first-order valence-electron chi connectivity index (χ1n) is 11.6. The van der Waals surface area contributed by atoms with Crippen molar-refractivity contribution >= 4 is 15.9 Å². The van der Waals surface area contributed by atoms with Crippen molar-refractivity contribution in [2.45, 2.75) is 50.5 Å². The number of carbonyl (C=O) groups excluding carboxylic acids is 1. The molecule has 8 nitrogen and oxygen atoms in total. The molecule has 0 atom stereocenters. The molecule has 3 aliphatic heterocycles. The highest BCUT2D eigenvalue weighted by Gasteiger charge is 2.35. The Balaban J connectivity index is 1.36. The fourth-order valence-corrected chi connectivity index (χ4v) is 6.23. The molecule has 9 heteroatoms. The summed E-state index contributed by atoms with van der Waals surface area (Å²) in [5.74, 6) is 1.11. The summed E-state index contributed by atoms with van der Waals surface area (Å²) in [5.41, 5.74) is 0.104. The van der Waals surface area contributed by atoms with Gasteiger partial charge in [0.2, 0.25) is 15.9 Å². The minimum atomic E-state index is -3.63. The quantitative estimate of drug-likeness (QED) is 0.681. The van der Waals surface area contributed by atoms with Crippen molar-refractivity contribution in [1.29, 1.82) is 0 Å². The third-order valence-corrected chi connectivity index (χ3v) is 8.61. The molecule has 178 valence electrons. The number of carbonyl (C=O) groups is 1. The van der Waals surface area contributed by atoms with E-state index in [4.69, 9.17) is 9.47 Å². The van der Waals surface area contributed by atoms with Gasteiger partial charge in [0, 0.05) is 56.8 Å². The van der Waals surface area contributed by atoms with Gasteiger partial charge in [-0.1, -0.05) is 0 Å². The van der Waals surface area contributed by atoms with Gasteiger partial charge in [-0.05, 0) is 52.2 Å². The van der Waals surface area contributed by atoms with E-state index in [0.29, 0.717) is 50.6 Å². The van der Waals surface area contributed by atoms with Gasteiger partial charge in [-0.25, -0.2) is 8.42 Å². The highest BCUT2D eigenvalue weighted by atomic mass is 32.2. The number of sulfonamides is 1. The van der Waals surface area contributed by atoms with E-state index in [2.05, 4.69) is 25.7 Å². The Kier molecular flexibility index (Phi) is 6.70. The zero-order valence-corrected chi connectivity index (χ0v) is 20.2. The van der Waals surface area contributed by atoms with Crippen LogP contribution in [0.25, 0.3) is 0 Å². The van der Waals surface area contributed by atoms with Crippen molar-refractivity contribution in [1.82, 2.24) is 14.1 Å². The molecule has 0 bridgehead atoms. The number of rotatable bonds is 3. The van der Waals surface area contributed by atoms with Gasteiger partial charge in [-0.2, -0.15) is 4.31 Å². The molecule has 0 saturated carbocycles. The molecule has 2 saturated heterocycles. The van der Waals surface area contributed by atoms with E-state index in [9.17, 15) is 13.2 Å². The SMILES string of the molecule is CC(C)(C)N1CCCN(C(=O)C2CCN(S(=O)(=O)c3ccc4c(c3)OCCO4)CC2)CC1. The monoisotopic (exact) mass is 465 g/mol. The zero-order valence-electron chi connectivity index (χ0n) is 19.4. The largest absolute Gasteiger partial charge is 0.486 e. The third kappa shape index (κ3) is 4.89. The Bertz CT molecular complexity index is 935. The molecule has 2 fully saturated rings. The Morgan fingerprint density at radius 2 is 1.62 bits per heavy atom. The summed E-state index contributed by atoms with van der Waals surface area (Å²) in [6.07, 6.45) is 2.09. The van der Waals surface area contributed by atoms with Crippen LogP contribution >= 0.6 is 0 Å². The topological polar surface area (TPSA) is 79.4 Å². The lowest BCUT2D eigenvalue weighted by atomic mass is 9.96. The summed E-state index contributed by atoms with van der Waals surface area (Å²) in [5, 5.41) is 0. The molecule has 1 amide bonds. The summed E-state index contributed by atoms with van der Waals surface area (Å²) in [6.45, 7) is 11.6. The van der Waals surface area contributed by atoms with Crippen molar-refractivity contribution in [2.24, 2.45) is 5.92 Å². The van der Waals surface area contributed by atoms with Crippen molar-refractivity contribution in [3.8, 4) is 11.5 Å². The molecule has 0 spiro atoms. The predicted octanol–water partition coefficient (Wildman–Crippen LogP) is 2.19. The molecular formula is C23H35N3O5S. The number of ether oxygens (including phenoxy) is 2. The molecule has 0 radical (unpaired) electrons. The van der Waals surface area contributed by atoms with Crippen LogP contribution < -0.4 is 9.47 Å². The summed E-state index contributed by atoms with van der Waals surface area (Å²) in [6, 6.07) is 4.76. The Labute approximate surface area is 191 Å². The zero-order chi connectivity index (χ0) is 22.9. The molecular weight excluding hydrogens is 430 g/mol. The number of amides is 1. The third-order valence-electron chi connectivity index (χ3n) is 6.71. The van der Waals surface area contributed by atoms with Crippen LogP contribution in [0.1, 0.15) is 40.0 Å². The Morgan fingerprint density at radius 1 is 0.938 bits per heavy atom. The second kappa shape index (κ2) is 9.19. The van der Waals surface area contributed by atoms with Crippen LogP contribution in [0.4, 0.5) is 0 Å². The second-order valence-electron chi connectivity index (χ2n) is 9.82. The first kappa shape index (κ1) is 23.3. The standard InChI is InChI=1S/C23H35N3O5S/c1-23(2,3)25-10-4-9-24(13-14-25)22(27)18-7-11-26(12-8-18)32(28,29)19-5-6-20-21(17-19)31-16-15-30-20/h5-6,17-18H,4,7-16H2,1-3H3. The number of piperidine rings is 1. The maximum Gasteiger partial charge on any atom is 0.243 e. The molecule has 0 aromatic heterocycles. The summed E-state index contributed by atoms with van der Waals surface area (Å²) in [7, 11) is -3.63. The van der Waals surface area contributed by atoms with Crippen molar-refractivity contribution in [3.63, 3.8) is 0 Å². The van der Waals surface area contributed by atoms with Gasteiger partial charge in [-0.15, -0.1) is 0 Å². The van der Waals surface area contributed by atoms with Crippen molar-refractivity contribution < 1.29 is 22.7 Å². The lowest BCUT2D eigenvalue weighted by molar-refractivity contribution is -0.136. The van der Waals surface area contributed by atoms with Gasteiger partial charge in [0.25, 0.3) is 0 Å². The first-order valence-corrected chi connectivity index (χ1v) is 13.0. The molecule has 0 N–H and O–H groups in total. The highest BCUT2D eigenvalue weighted by molar-refractivity contribution is 7.89. The molecule has 3 aliphatic rings. The van der Waals surface area contributed by atoms with Crippen LogP contribution in [-0.4, -0.2) is 86.5 Å². The molecule has 1 aromatic rings. The van der Waals surface area contributed by atoms with Gasteiger partial charge >= 0.3 is 0 Å². The van der Waals surface area contributed by atoms with Crippen LogP contribution in [0.2, 0.25) is 0 Å². The van der Waals surface area contributed by atoms with Crippen LogP contribution in [0.5, 0.6) is 11.5 Å². The van der Waals surface area contributed by atoms with E-state index < -0.39 is 10.0 Å². The predicted molar refractivity (Wildman–Crippen MR) is 121 cm³/mol. The van der Waals surface area contributed by atoms with Crippen LogP contribution in [-0.2, 0) is 14.8 Å². The Hall–Kier alpha value is -1.84. The summed E-state index contributed by atoms with van der Waals surface area (Å²) < 4.78 is 38.8. The second-order valence-corrected chi connectivity index (χ2v) is 11.8. The van der Waals surface area contributed by atoms with Crippen LogP contribution in [0.3, 0.4) is 0 Å². The Morgan fingerprint density at radius 3 is 2.31 bits per heavy atom. The van der Waals surface area contributed by atoms with Crippen LogP contribution in [0, 0.1) is 5.92 Å². The fraction of sp³-hybridized carbons (Fsp3) is 0.696. The molecule has 1 aromatic carbocycles. The molecule has 3 heterocycles. The summed E-state index contributed by atoms with van der Waals surface area (Å²) in [4.78, 5) is 17.8. The van der Waals surface area contributed by atoms with Gasteiger partial charge in [0.05, 0.1) is 4.90 Å². The van der Waals surface area contributed by atoms with Gasteiger partial charge < -0.3 is 14.4 Å². The highest BCUT2D eigenvalue weighted by Crippen LogP contribution is 2.34. The minimum absolute atomic E-state index is 0.104. The van der Waals surface area contributed by atoms with Crippen molar-refractivity contribution in [2.75, 3.05) is 52.5 Å². The number of fused-ring (bicyclic) bond motifs is 1. The minimum Gasteiger partial charge on any atom is -0.486 e. The smallest absolute Gasteiger partial charge is 0.243 e. The van der Waals surface area contributed by atoms with Crippen LogP contribution in [0.15, 0.2) is 23.1 Å². The first-order chi connectivity index (χ1) is 15.2. The lowest BCUT2D eigenvalue weighted by Crippen LogP contribution is -2.46. The molecule has 32 heavy (non-hydrogen) atoms. The van der Waals surface area contributed by atoms with E-state index >= 15 is 0 Å². The number of benzene rings is 1. The van der Waals surface area contributed by atoms with E-state index in [1.807, 2.05) is 4.90 Å². The fourth-order valence-electron chi connectivity index (χ4n) is 4.74. The average Bonchev–Trinajstić information content (AvgIpc) is 3.05. The summed E-state index contributed by atoms with van der Waals surface area (Å²) >= 11 is 0. The molecule has 0 unspecified atom stereocenters. The molecule has 0 aliphatic carbocycles. The van der Waals surface area contributed by atoms with E-state index in [1.54, 1.807) is 18.2 Å². The van der Waals surface area contributed by atoms with E-state index in [-0.39, 0.29) is 22.3 Å². The maximum atomic E-state index is 13.2. The van der Waals surface area contributed by atoms with Gasteiger partial charge in [-0.3, -0.25) is 9.69 Å². The van der Waals surface area contributed by atoms with Gasteiger partial charge in [0.1, 0.15) is 13.2 Å². The number of nitrogens with zero attached hydrogens (tertiary/aromatic N) is 3. The van der Waals surface area contributed by atoms with Gasteiger partial charge in [0.15, 0.2) is 11.5 Å². The maximum absolute atomic E-state index is 13.2. The number of hydrogen-bond donors (Lipinski definition) is 0. The average molecular weight is 466 g/mol. The normalized spacial score (nSPS) is 21.9. The number of hydrogen-bond acceptors (Lipinski definition) is 6.